The van der Waals surface area contributed by atoms with Crippen molar-refractivity contribution < 1.29 is 9.18 Å². The second kappa shape index (κ2) is 9.94. The molecule has 2 aliphatic rings. The van der Waals surface area contributed by atoms with E-state index >= 15 is 0 Å². The smallest absolute Gasteiger partial charge is 0.263 e. The van der Waals surface area contributed by atoms with Crippen LogP contribution in [-0.4, -0.2) is 51.5 Å². The quantitative estimate of drug-likeness (QED) is 0.361. The van der Waals surface area contributed by atoms with E-state index in [0.29, 0.717) is 28.3 Å². The van der Waals surface area contributed by atoms with E-state index in [-0.39, 0.29) is 29.7 Å². The van der Waals surface area contributed by atoms with Crippen molar-refractivity contribution in [1.82, 2.24) is 24.8 Å². The van der Waals surface area contributed by atoms with Crippen LogP contribution in [0.2, 0.25) is 0 Å². The van der Waals surface area contributed by atoms with Crippen LogP contribution >= 0.6 is 0 Å². The number of nitrogens with zero attached hydrogens (tertiary/aromatic N) is 5. The molecule has 1 saturated carbocycles. The molecule has 1 aliphatic heterocycles. The number of Topliss-reactive ketones (excluding diaryl/α,β-unsaturated/α-hetero) is 1. The molecule has 0 spiro atoms. The molecule has 194 valence electrons. The van der Waals surface area contributed by atoms with Gasteiger partial charge in [0.05, 0.1) is 17.8 Å². The maximum absolute atomic E-state index is 15.0. The Hall–Kier alpha value is -4.18. The molecule has 1 aliphatic carbocycles. The number of rotatable bonds is 7. The average molecular weight is 514 g/mol. The Kier molecular flexibility index (Phi) is 6.32. The Labute approximate surface area is 218 Å². The minimum Gasteiger partial charge on any atom is -0.367 e. The lowest BCUT2D eigenvalue weighted by atomic mass is 10.1. The number of anilines is 3. The van der Waals surface area contributed by atoms with Crippen LogP contribution in [0.1, 0.15) is 47.3 Å². The van der Waals surface area contributed by atoms with Gasteiger partial charge in [0.25, 0.3) is 5.56 Å². The van der Waals surface area contributed by atoms with E-state index in [2.05, 4.69) is 25.6 Å². The maximum Gasteiger partial charge on any atom is 0.263 e. The molecule has 38 heavy (non-hydrogen) atoms. The number of ketones is 1. The lowest BCUT2D eigenvalue weighted by Crippen LogP contribution is -2.43. The van der Waals surface area contributed by atoms with Crippen LogP contribution in [0.5, 0.6) is 0 Å². The molecule has 0 amide bonds. The monoisotopic (exact) mass is 513 g/mol. The van der Waals surface area contributed by atoms with E-state index in [9.17, 15) is 14.0 Å². The predicted molar refractivity (Wildman–Crippen MR) is 144 cm³/mol. The maximum atomic E-state index is 15.0. The minimum atomic E-state index is -0.410. The number of halogens is 1. The second-order valence-corrected chi connectivity index (χ2v) is 9.83. The largest absolute Gasteiger partial charge is 0.367 e. The van der Waals surface area contributed by atoms with Crippen LogP contribution in [0, 0.1) is 5.82 Å². The van der Waals surface area contributed by atoms with Crippen molar-refractivity contribution in [3.8, 4) is 0 Å². The topological polar surface area (TPSA) is 105 Å². The van der Waals surface area contributed by atoms with E-state index in [4.69, 9.17) is 0 Å². The van der Waals surface area contributed by atoms with Crippen LogP contribution in [0.25, 0.3) is 11.0 Å². The molecule has 2 fully saturated rings. The summed E-state index contributed by atoms with van der Waals surface area (Å²) in [6, 6.07) is 10.3. The molecule has 4 heterocycles. The number of fused-ring (bicyclic) bond motifs is 1. The Balaban J connectivity index is 1.37. The highest BCUT2D eigenvalue weighted by Crippen LogP contribution is 2.40. The van der Waals surface area contributed by atoms with Gasteiger partial charge < -0.3 is 15.5 Å². The highest BCUT2D eigenvalue weighted by Gasteiger charge is 2.28. The third-order valence-corrected chi connectivity index (χ3v) is 7.09. The van der Waals surface area contributed by atoms with Gasteiger partial charge in [-0.15, -0.1) is 0 Å². The third-order valence-electron chi connectivity index (χ3n) is 7.09. The van der Waals surface area contributed by atoms with E-state index in [1.165, 1.54) is 23.6 Å². The molecular formula is C28H28FN7O2. The molecule has 0 unspecified atom stereocenters. The second-order valence-electron chi connectivity index (χ2n) is 9.83. The SMILES string of the molecule is CC(=O)c1cc2cnc(Nc3ccc(N4CCNCC4)c(F)c3)nc2n(Cc2cccnc2C2CC2)c1=O. The molecule has 10 heteroatoms. The van der Waals surface area contributed by atoms with Gasteiger partial charge in [0, 0.05) is 61.3 Å². The van der Waals surface area contributed by atoms with Crippen LogP contribution in [0.15, 0.2) is 53.6 Å². The van der Waals surface area contributed by atoms with Crippen molar-refractivity contribution in [2.45, 2.75) is 32.2 Å². The Morgan fingerprint density at radius 3 is 2.71 bits per heavy atom. The summed E-state index contributed by atoms with van der Waals surface area (Å²) < 4.78 is 16.5. The number of nitrogens with one attached hydrogen (secondary N) is 2. The Morgan fingerprint density at radius 2 is 1.97 bits per heavy atom. The zero-order chi connectivity index (χ0) is 26.2. The minimum absolute atomic E-state index is 0.0873. The standard InChI is InChI=1S/C28H28FN7O2/c1-17(37)22-13-20-15-32-28(33-21-6-7-24(23(29)14-21)35-11-9-30-10-12-35)34-26(20)36(27(22)38)16-19-3-2-8-31-25(19)18-4-5-18/h2-3,6-8,13-15,18,30H,4-5,9-12,16H2,1H3,(H,32,33,34). The summed E-state index contributed by atoms with van der Waals surface area (Å²) >= 11 is 0. The molecule has 9 nitrogen and oxygen atoms in total. The Morgan fingerprint density at radius 1 is 1.16 bits per heavy atom. The van der Waals surface area contributed by atoms with Crippen LogP contribution in [-0.2, 0) is 6.54 Å². The van der Waals surface area contributed by atoms with Crippen LogP contribution in [0.4, 0.5) is 21.7 Å². The summed E-state index contributed by atoms with van der Waals surface area (Å²) in [6.45, 7) is 4.74. The van der Waals surface area contributed by atoms with Crippen molar-refractivity contribution >= 4 is 34.1 Å². The summed E-state index contributed by atoms with van der Waals surface area (Å²) in [6.07, 6.45) is 5.49. The summed E-state index contributed by atoms with van der Waals surface area (Å²) in [5.41, 5.74) is 3.03. The zero-order valence-electron chi connectivity index (χ0n) is 21.1. The number of hydrogen-bond donors (Lipinski definition) is 2. The molecule has 1 aromatic carbocycles. The molecule has 0 atom stereocenters. The first-order valence-corrected chi connectivity index (χ1v) is 12.9. The summed E-state index contributed by atoms with van der Waals surface area (Å²) in [5, 5.41) is 6.90. The van der Waals surface area contributed by atoms with Crippen molar-refractivity contribution in [1.29, 1.82) is 0 Å². The fraction of sp³-hybridized carbons (Fsp3) is 0.321. The summed E-state index contributed by atoms with van der Waals surface area (Å²) in [4.78, 5) is 41.2. The first kappa shape index (κ1) is 24.2. The lowest BCUT2D eigenvalue weighted by Gasteiger charge is -2.29. The van der Waals surface area contributed by atoms with Gasteiger partial charge in [0.1, 0.15) is 11.5 Å². The van der Waals surface area contributed by atoms with Gasteiger partial charge in [0.2, 0.25) is 5.95 Å². The number of carbonyl (C=O) groups is 1. The molecule has 0 bridgehead atoms. The van der Waals surface area contributed by atoms with E-state index in [1.54, 1.807) is 24.5 Å². The van der Waals surface area contributed by atoms with Crippen molar-refractivity contribution in [3.63, 3.8) is 0 Å². The highest BCUT2D eigenvalue weighted by molar-refractivity contribution is 5.96. The number of benzene rings is 1. The Bertz CT molecular complexity index is 1590. The number of carbonyl (C=O) groups excluding carboxylic acids is 1. The van der Waals surface area contributed by atoms with Crippen LogP contribution < -0.4 is 21.1 Å². The molecule has 1 saturated heterocycles. The zero-order valence-corrected chi connectivity index (χ0v) is 21.1. The number of piperazine rings is 1. The molecule has 4 aromatic rings. The molecule has 6 rings (SSSR count). The summed E-state index contributed by atoms with van der Waals surface area (Å²) in [5.74, 6) is -0.0226. The molecular weight excluding hydrogens is 485 g/mol. The molecule has 2 N–H and O–H groups in total. The predicted octanol–water partition coefficient (Wildman–Crippen LogP) is 3.61. The lowest BCUT2D eigenvalue weighted by molar-refractivity contribution is 0.101. The molecule has 0 radical (unpaired) electrons. The van der Waals surface area contributed by atoms with E-state index < -0.39 is 5.56 Å². The first-order chi connectivity index (χ1) is 18.5. The van der Waals surface area contributed by atoms with E-state index in [0.717, 1.165) is 50.3 Å². The van der Waals surface area contributed by atoms with Gasteiger partial charge in [0.15, 0.2) is 5.78 Å². The normalized spacial score (nSPS) is 15.6. The fourth-order valence-corrected chi connectivity index (χ4v) is 4.97. The van der Waals surface area contributed by atoms with Gasteiger partial charge in [-0.25, -0.2) is 9.37 Å². The van der Waals surface area contributed by atoms with E-state index in [1.807, 2.05) is 17.0 Å². The van der Waals surface area contributed by atoms with Gasteiger partial charge >= 0.3 is 0 Å². The number of aromatic nitrogens is 4. The number of hydrogen-bond acceptors (Lipinski definition) is 8. The van der Waals surface area contributed by atoms with Crippen molar-refractivity contribution in [2.24, 2.45) is 0 Å². The fourth-order valence-electron chi connectivity index (χ4n) is 4.97. The first-order valence-electron chi connectivity index (χ1n) is 12.9. The third kappa shape index (κ3) is 4.74. The average Bonchev–Trinajstić information content (AvgIpc) is 3.76. The molecule has 3 aromatic heterocycles. The number of pyridine rings is 2. The van der Waals surface area contributed by atoms with Crippen LogP contribution in [0.3, 0.4) is 0 Å². The van der Waals surface area contributed by atoms with Gasteiger partial charge in [-0.1, -0.05) is 6.07 Å². The van der Waals surface area contributed by atoms with Gasteiger partial charge in [-0.3, -0.25) is 19.1 Å². The van der Waals surface area contributed by atoms with Gasteiger partial charge in [-0.2, -0.15) is 4.98 Å². The van der Waals surface area contributed by atoms with Crippen molar-refractivity contribution in [2.75, 3.05) is 36.4 Å². The van der Waals surface area contributed by atoms with Gasteiger partial charge in [-0.05, 0) is 55.7 Å². The highest BCUT2D eigenvalue weighted by atomic mass is 19.1. The van der Waals surface area contributed by atoms with Crippen molar-refractivity contribution in [3.05, 3.63) is 81.8 Å². The summed E-state index contributed by atoms with van der Waals surface area (Å²) in [7, 11) is 0.